The SMILES string of the molecule is CC.CCCNC(N)=O.Cc1cc(C(=O)NCCCCCCC(=O)NC(C(=O)NCC(=O)Nc2ccc(COC(=O)Oc3ccc([N+](=O)[O-])cc3)cc2)C(C)C)cc(C(=O)N2CCN(C(=O)c3cc(Cc4n[nH]c(=O)c5ccccc45)ccc3F)CC2)c1. The number of nitro groups is 1. The molecular formula is C63H76FN11O13. The van der Waals surface area contributed by atoms with Crippen LogP contribution in [0.25, 0.3) is 10.8 Å². The number of urea groups is 1. The molecule has 1 atom stereocenters. The van der Waals surface area contributed by atoms with E-state index in [1.807, 2.05) is 20.8 Å². The minimum Gasteiger partial charge on any atom is -0.429 e. The molecule has 1 fully saturated rings. The zero-order valence-corrected chi connectivity index (χ0v) is 50.2. The molecule has 2 heterocycles. The summed E-state index contributed by atoms with van der Waals surface area (Å²) in [5.41, 5.74) is 7.71. The van der Waals surface area contributed by atoms with Gasteiger partial charge in [0.15, 0.2) is 0 Å². The Morgan fingerprint density at radius 3 is 2.02 bits per heavy atom. The Morgan fingerprint density at radius 2 is 1.39 bits per heavy atom. The number of hydrogen-bond donors (Lipinski definition) is 7. The van der Waals surface area contributed by atoms with Gasteiger partial charge in [0.1, 0.15) is 24.2 Å². The van der Waals surface area contributed by atoms with E-state index in [9.17, 15) is 53.3 Å². The van der Waals surface area contributed by atoms with Crippen LogP contribution >= 0.6 is 0 Å². The van der Waals surface area contributed by atoms with Crippen molar-refractivity contribution in [3.05, 3.63) is 175 Å². The summed E-state index contributed by atoms with van der Waals surface area (Å²) in [5, 5.41) is 32.0. The van der Waals surface area contributed by atoms with Crippen LogP contribution in [0, 0.1) is 28.8 Å². The lowest BCUT2D eigenvalue weighted by molar-refractivity contribution is -0.384. The lowest BCUT2D eigenvalue weighted by Gasteiger charge is -2.35. The van der Waals surface area contributed by atoms with Crippen molar-refractivity contribution in [2.75, 3.05) is 51.1 Å². The van der Waals surface area contributed by atoms with E-state index in [-0.39, 0.29) is 98.4 Å². The van der Waals surface area contributed by atoms with Crippen LogP contribution in [0.1, 0.15) is 127 Å². The summed E-state index contributed by atoms with van der Waals surface area (Å²) in [7, 11) is 0. The van der Waals surface area contributed by atoms with Gasteiger partial charge in [0, 0.05) is 86.4 Å². The molecule has 6 aromatic rings. The van der Waals surface area contributed by atoms with Crippen molar-refractivity contribution in [2.45, 2.75) is 99.1 Å². The number of unbranched alkanes of at least 4 members (excludes halogenated alkanes) is 3. The number of nitrogens with one attached hydrogen (secondary N) is 6. The molecule has 1 aliphatic rings. The molecule has 24 nitrogen and oxygen atoms in total. The number of rotatable bonds is 24. The van der Waals surface area contributed by atoms with Gasteiger partial charge in [-0.05, 0) is 109 Å². The Kier molecular flexibility index (Phi) is 27.2. The predicted molar refractivity (Wildman–Crippen MR) is 328 cm³/mol. The summed E-state index contributed by atoms with van der Waals surface area (Å²) in [4.78, 5) is 127. The molecule has 8 N–H and O–H groups in total. The number of H-pyrrole nitrogens is 1. The molecule has 1 aliphatic heterocycles. The number of amides is 8. The third-order valence-corrected chi connectivity index (χ3v) is 13.5. The Balaban J connectivity index is 0.00000146. The van der Waals surface area contributed by atoms with Gasteiger partial charge in [0.05, 0.1) is 28.1 Å². The number of carbonyl (C=O) groups is 8. The highest BCUT2D eigenvalue weighted by Crippen LogP contribution is 2.23. The van der Waals surface area contributed by atoms with Gasteiger partial charge in [-0.15, -0.1) is 0 Å². The number of halogens is 1. The number of nitro benzene ring substituents is 1. The molecule has 1 aromatic heterocycles. The van der Waals surface area contributed by atoms with Crippen LogP contribution in [0.15, 0.2) is 114 Å². The Labute approximate surface area is 508 Å². The zero-order valence-electron chi connectivity index (χ0n) is 50.2. The van der Waals surface area contributed by atoms with Gasteiger partial charge in [-0.2, -0.15) is 5.10 Å². The highest BCUT2D eigenvalue weighted by atomic mass is 19.1. The highest BCUT2D eigenvalue weighted by molar-refractivity contribution is 6.01. The second-order valence-corrected chi connectivity index (χ2v) is 20.6. The van der Waals surface area contributed by atoms with E-state index in [1.54, 1.807) is 98.5 Å². The maximum absolute atomic E-state index is 15.1. The zero-order chi connectivity index (χ0) is 64.3. The fraction of sp³-hybridized carbons (Fsp3) is 0.365. The second kappa shape index (κ2) is 34.8. The van der Waals surface area contributed by atoms with E-state index in [2.05, 4.69) is 36.8 Å². The fourth-order valence-corrected chi connectivity index (χ4v) is 9.02. The van der Waals surface area contributed by atoms with Crippen LogP contribution in [-0.4, -0.2) is 124 Å². The minimum absolute atomic E-state index is 0.0715. The molecule has 25 heteroatoms. The number of aryl methyl sites for hydroxylation is 1. The van der Waals surface area contributed by atoms with Crippen LogP contribution in [0.4, 0.5) is 25.4 Å². The number of fused-ring (bicyclic) bond motifs is 1. The first-order chi connectivity index (χ1) is 42.2. The first kappa shape index (κ1) is 68.7. The number of aromatic amines is 1. The Hall–Kier alpha value is -10.1. The van der Waals surface area contributed by atoms with Gasteiger partial charge in [-0.25, -0.2) is 19.1 Å². The number of aromatic nitrogens is 2. The monoisotopic (exact) mass is 1210 g/mol. The summed E-state index contributed by atoms with van der Waals surface area (Å²) in [5.74, 6) is -3.39. The number of carbonyl (C=O) groups excluding carboxylic acids is 8. The highest BCUT2D eigenvalue weighted by Gasteiger charge is 2.29. The molecule has 1 saturated heterocycles. The summed E-state index contributed by atoms with van der Waals surface area (Å²) >= 11 is 0. The number of ether oxygens (including phenoxy) is 2. The van der Waals surface area contributed by atoms with Crippen molar-refractivity contribution in [3.8, 4) is 5.75 Å². The molecule has 88 heavy (non-hydrogen) atoms. The summed E-state index contributed by atoms with van der Waals surface area (Å²) in [6.45, 7) is 12.6. The van der Waals surface area contributed by atoms with Crippen molar-refractivity contribution in [2.24, 2.45) is 11.7 Å². The van der Waals surface area contributed by atoms with Gasteiger partial charge >= 0.3 is 12.2 Å². The molecule has 0 radical (unpaired) electrons. The average Bonchev–Trinajstić information content (AvgIpc) is 1.32. The lowest BCUT2D eigenvalue weighted by Crippen LogP contribution is -2.51. The van der Waals surface area contributed by atoms with E-state index in [4.69, 9.17) is 15.2 Å². The van der Waals surface area contributed by atoms with Crippen LogP contribution < -0.4 is 42.6 Å². The van der Waals surface area contributed by atoms with Gasteiger partial charge < -0.3 is 51.6 Å². The largest absolute Gasteiger partial charge is 0.514 e. The first-order valence-corrected chi connectivity index (χ1v) is 29.0. The quantitative estimate of drug-likeness (QED) is 0.00998. The fourth-order valence-electron chi connectivity index (χ4n) is 9.02. The molecule has 0 bridgehead atoms. The standard InChI is InChI=1S/C57H60FN9O12.C4H10N2O.C2H6/c1-35(2)51(54(72)60-33-50(69)61-41-16-13-37(14-17-41)34-78-57(75)79-43-20-18-42(19-21-43)67(76)77)62-49(68)12-6-4-5-9-23-59-52(70)39-28-36(3)29-40(32-39)55(73)65-24-26-66(27-25-65)56(74)46-30-38(15-22-47(46)58)31-48-44-10-7-8-11-45(44)53(71)64-63-48;1-2-3-6-4(5)7;1-2/h7-8,10-11,13-22,28-30,32,35,51H,4-6,9,12,23-27,31,33-34H2,1-3H3,(H,59,70)(H,60,72)(H,61,69)(H,62,68)(H,64,71);2-3H2,1H3,(H3,5,6,7);1-2H3. The molecule has 7 rings (SSSR count). The summed E-state index contributed by atoms with van der Waals surface area (Å²) < 4.78 is 25.2. The third-order valence-electron chi connectivity index (χ3n) is 13.5. The van der Waals surface area contributed by atoms with E-state index >= 15 is 4.39 Å². The Morgan fingerprint density at radius 1 is 0.750 bits per heavy atom. The number of non-ortho nitro benzene ring substituents is 1. The van der Waals surface area contributed by atoms with Crippen LogP contribution in [0.3, 0.4) is 0 Å². The molecule has 0 aliphatic carbocycles. The van der Waals surface area contributed by atoms with E-state index in [1.165, 1.54) is 41.3 Å². The number of hydrogen-bond acceptors (Lipinski definition) is 14. The van der Waals surface area contributed by atoms with Crippen LogP contribution in [0.5, 0.6) is 5.75 Å². The lowest BCUT2D eigenvalue weighted by atomic mass is 10.0. The average molecular weight is 1210 g/mol. The van der Waals surface area contributed by atoms with E-state index in [0.29, 0.717) is 88.7 Å². The van der Waals surface area contributed by atoms with E-state index < -0.39 is 46.7 Å². The molecule has 5 aromatic carbocycles. The molecule has 468 valence electrons. The molecule has 0 spiro atoms. The van der Waals surface area contributed by atoms with Crippen LogP contribution in [-0.2, 0) is 32.1 Å². The number of piperazine rings is 1. The van der Waals surface area contributed by atoms with Crippen molar-refractivity contribution in [3.63, 3.8) is 0 Å². The van der Waals surface area contributed by atoms with Gasteiger partial charge in [0.25, 0.3) is 29.0 Å². The molecule has 0 saturated carbocycles. The van der Waals surface area contributed by atoms with Gasteiger partial charge in [-0.3, -0.25) is 43.7 Å². The second-order valence-electron chi connectivity index (χ2n) is 20.6. The van der Waals surface area contributed by atoms with Crippen LogP contribution in [0.2, 0.25) is 0 Å². The predicted octanol–water partition coefficient (Wildman–Crippen LogP) is 7.85. The number of benzene rings is 5. The van der Waals surface area contributed by atoms with Gasteiger partial charge in [0.2, 0.25) is 17.7 Å². The first-order valence-electron chi connectivity index (χ1n) is 29.0. The van der Waals surface area contributed by atoms with Crippen molar-refractivity contribution < 1.29 is 57.1 Å². The molecule has 1 unspecified atom stereocenters. The number of nitrogens with two attached hydrogens (primary N) is 1. The van der Waals surface area contributed by atoms with Crippen molar-refractivity contribution >= 4 is 69.8 Å². The smallest absolute Gasteiger partial charge is 0.429 e. The van der Waals surface area contributed by atoms with E-state index in [0.717, 1.165) is 6.42 Å². The van der Waals surface area contributed by atoms with Crippen molar-refractivity contribution in [1.82, 2.24) is 41.3 Å². The summed E-state index contributed by atoms with van der Waals surface area (Å²) in [6, 6.07) is 26.2. The number of primary amides is 1. The normalized spacial score (nSPS) is 12.0. The van der Waals surface area contributed by atoms with Crippen molar-refractivity contribution in [1.29, 1.82) is 0 Å². The summed E-state index contributed by atoms with van der Waals surface area (Å²) in [6.07, 6.45) is 2.91. The third kappa shape index (κ3) is 21.5. The molecular weight excluding hydrogens is 1140 g/mol. The maximum atomic E-state index is 15.1. The number of nitrogens with zero attached hydrogens (tertiary/aromatic N) is 4. The topological polar surface area (TPSA) is 337 Å². The number of anilines is 1. The molecule has 8 amide bonds. The minimum atomic E-state index is -1.01. The van der Waals surface area contributed by atoms with Gasteiger partial charge in [-0.1, -0.05) is 83.9 Å². The Bertz CT molecular complexity index is 3460. The maximum Gasteiger partial charge on any atom is 0.514 e.